The maximum atomic E-state index is 12.1. The van der Waals surface area contributed by atoms with E-state index in [4.69, 9.17) is 5.73 Å². The van der Waals surface area contributed by atoms with Gasteiger partial charge in [-0.2, -0.15) is 5.10 Å². The third-order valence-corrected chi connectivity index (χ3v) is 3.22. The van der Waals surface area contributed by atoms with Gasteiger partial charge in [-0.25, -0.2) is 9.67 Å². The van der Waals surface area contributed by atoms with E-state index in [1.807, 2.05) is 20.8 Å². The molecule has 0 spiro atoms. The molecule has 0 amide bonds. The minimum absolute atomic E-state index is 0.139. The number of aromatic nitrogens is 3. The molecule has 0 saturated heterocycles. The topological polar surface area (TPSA) is 73.8 Å². The molecule has 1 aromatic rings. The molecule has 0 bridgehead atoms. The number of nitrogens with two attached hydrogens (primary N) is 1. The number of Topliss-reactive ketones (excluding diaryl/α,β-unsaturated/α-hetero) is 1. The fourth-order valence-electron chi connectivity index (χ4n) is 1.50. The van der Waals surface area contributed by atoms with Crippen molar-refractivity contribution < 1.29 is 4.79 Å². The number of rotatable bonds is 6. The van der Waals surface area contributed by atoms with Crippen LogP contribution in [0.4, 0.5) is 0 Å². The predicted octanol–water partition coefficient (Wildman–Crippen LogP) is 0.785. The summed E-state index contributed by atoms with van der Waals surface area (Å²) in [5, 5.41) is 4.04. The van der Waals surface area contributed by atoms with Crippen LogP contribution in [-0.4, -0.2) is 27.1 Å². The third-order valence-electron chi connectivity index (χ3n) is 3.22. The largest absolute Gasteiger partial charge is 0.329 e. The Bertz CT molecular complexity index is 355. The van der Waals surface area contributed by atoms with Gasteiger partial charge < -0.3 is 5.73 Å². The zero-order chi connectivity index (χ0) is 12.2. The number of ketones is 1. The molecular weight excluding hydrogens is 204 g/mol. The van der Waals surface area contributed by atoms with Crippen molar-refractivity contribution in [2.45, 2.75) is 40.2 Å². The van der Waals surface area contributed by atoms with E-state index in [-0.39, 0.29) is 5.78 Å². The molecule has 1 atom stereocenters. The van der Waals surface area contributed by atoms with E-state index in [0.29, 0.717) is 13.0 Å². The minimum atomic E-state index is -0.440. The predicted molar refractivity (Wildman–Crippen MR) is 61.9 cm³/mol. The Morgan fingerprint density at radius 2 is 2.25 bits per heavy atom. The van der Waals surface area contributed by atoms with Gasteiger partial charge in [-0.3, -0.25) is 4.79 Å². The van der Waals surface area contributed by atoms with Crippen LogP contribution in [0.15, 0.2) is 6.33 Å². The van der Waals surface area contributed by atoms with Gasteiger partial charge in [0.1, 0.15) is 17.9 Å². The molecule has 1 aromatic heterocycles. The van der Waals surface area contributed by atoms with Crippen molar-refractivity contribution >= 4 is 5.78 Å². The highest BCUT2D eigenvalue weighted by atomic mass is 16.1. The summed E-state index contributed by atoms with van der Waals surface area (Å²) in [6.07, 6.45) is 2.55. The van der Waals surface area contributed by atoms with Crippen LogP contribution < -0.4 is 5.73 Å². The molecule has 16 heavy (non-hydrogen) atoms. The van der Waals surface area contributed by atoms with Crippen molar-refractivity contribution in [1.82, 2.24) is 14.8 Å². The second kappa shape index (κ2) is 5.21. The Morgan fingerprint density at radius 1 is 1.56 bits per heavy atom. The Balaban J connectivity index is 2.78. The normalized spacial score (nSPS) is 14.8. The highest BCUT2D eigenvalue weighted by molar-refractivity contribution is 5.86. The Labute approximate surface area is 96.0 Å². The number of nitrogens with zero attached hydrogens (tertiary/aromatic N) is 3. The fourth-order valence-corrected chi connectivity index (χ4v) is 1.50. The molecule has 0 saturated carbocycles. The first kappa shape index (κ1) is 12.8. The van der Waals surface area contributed by atoms with Crippen LogP contribution in [-0.2, 0) is 17.8 Å². The number of hydrogen-bond donors (Lipinski definition) is 1. The van der Waals surface area contributed by atoms with Gasteiger partial charge >= 0.3 is 0 Å². The van der Waals surface area contributed by atoms with Crippen molar-refractivity contribution in [3.63, 3.8) is 0 Å². The van der Waals surface area contributed by atoms with E-state index in [0.717, 1.165) is 18.8 Å². The average molecular weight is 224 g/mol. The molecular formula is C11H20N4O. The molecule has 0 fully saturated rings. The quantitative estimate of drug-likeness (QED) is 0.775. The molecule has 0 aliphatic rings. The summed E-state index contributed by atoms with van der Waals surface area (Å²) in [7, 11) is 0. The lowest BCUT2D eigenvalue weighted by atomic mass is 9.81. The summed E-state index contributed by atoms with van der Waals surface area (Å²) in [6, 6.07) is 0. The molecule has 90 valence electrons. The minimum Gasteiger partial charge on any atom is -0.329 e. The van der Waals surface area contributed by atoms with Crippen molar-refractivity contribution in [2.24, 2.45) is 11.1 Å². The molecule has 1 unspecified atom stereocenters. The summed E-state index contributed by atoms with van der Waals surface area (Å²) < 4.78 is 1.74. The zero-order valence-corrected chi connectivity index (χ0v) is 10.2. The molecule has 1 rings (SSSR count). The molecule has 5 nitrogen and oxygen atoms in total. The second-order valence-corrected chi connectivity index (χ2v) is 4.21. The van der Waals surface area contributed by atoms with E-state index in [9.17, 15) is 4.79 Å². The summed E-state index contributed by atoms with van der Waals surface area (Å²) in [5.41, 5.74) is 5.21. The van der Waals surface area contributed by atoms with Crippen molar-refractivity contribution in [3.05, 3.63) is 12.2 Å². The summed E-state index contributed by atoms with van der Waals surface area (Å²) in [5.74, 6) is 0.862. The number of aryl methyl sites for hydroxylation is 1. The van der Waals surface area contributed by atoms with Crippen LogP contribution in [0.5, 0.6) is 0 Å². The first-order valence-corrected chi connectivity index (χ1v) is 5.67. The van der Waals surface area contributed by atoms with Crippen LogP contribution in [0.1, 0.15) is 33.0 Å². The average Bonchev–Trinajstić information content (AvgIpc) is 2.75. The molecule has 2 N–H and O–H groups in total. The van der Waals surface area contributed by atoms with Crippen molar-refractivity contribution in [2.75, 3.05) is 6.54 Å². The molecule has 0 radical (unpaired) electrons. The van der Waals surface area contributed by atoms with Gasteiger partial charge in [-0.05, 0) is 13.3 Å². The number of hydrogen-bond acceptors (Lipinski definition) is 4. The third kappa shape index (κ3) is 2.47. The lowest BCUT2D eigenvalue weighted by Crippen LogP contribution is -2.36. The molecule has 0 aliphatic carbocycles. The van der Waals surface area contributed by atoms with Crippen LogP contribution in [0.3, 0.4) is 0 Å². The molecule has 0 aromatic carbocycles. The van der Waals surface area contributed by atoms with Crippen LogP contribution in [0.25, 0.3) is 0 Å². The Hall–Kier alpha value is -1.23. The van der Waals surface area contributed by atoms with Crippen LogP contribution in [0, 0.1) is 5.41 Å². The van der Waals surface area contributed by atoms with Crippen molar-refractivity contribution in [3.8, 4) is 0 Å². The molecule has 5 heteroatoms. The zero-order valence-electron chi connectivity index (χ0n) is 10.2. The maximum absolute atomic E-state index is 12.1. The first-order valence-electron chi connectivity index (χ1n) is 5.67. The Morgan fingerprint density at radius 3 is 2.75 bits per heavy atom. The second-order valence-electron chi connectivity index (χ2n) is 4.21. The van der Waals surface area contributed by atoms with E-state index >= 15 is 0 Å². The standard InChI is InChI=1S/C11H20N4O/c1-4-11(3,7-12)9(16)6-10-13-8-14-15(10)5-2/h8H,4-7,12H2,1-3H3. The van der Waals surface area contributed by atoms with E-state index < -0.39 is 5.41 Å². The summed E-state index contributed by atoms with van der Waals surface area (Å²) in [6.45, 7) is 6.97. The Kier molecular flexibility index (Phi) is 4.18. The highest BCUT2D eigenvalue weighted by Gasteiger charge is 2.30. The van der Waals surface area contributed by atoms with E-state index in [1.54, 1.807) is 4.68 Å². The van der Waals surface area contributed by atoms with Gasteiger partial charge in [0, 0.05) is 18.5 Å². The summed E-state index contributed by atoms with van der Waals surface area (Å²) >= 11 is 0. The fraction of sp³-hybridized carbons (Fsp3) is 0.727. The van der Waals surface area contributed by atoms with Crippen LogP contribution in [0.2, 0.25) is 0 Å². The van der Waals surface area contributed by atoms with E-state index in [2.05, 4.69) is 10.1 Å². The summed E-state index contributed by atoms with van der Waals surface area (Å²) in [4.78, 5) is 16.2. The maximum Gasteiger partial charge on any atom is 0.147 e. The van der Waals surface area contributed by atoms with Gasteiger partial charge in [0.25, 0.3) is 0 Å². The SMILES string of the molecule is CCn1ncnc1CC(=O)C(C)(CC)CN. The number of carbonyl (C=O) groups is 1. The van der Waals surface area contributed by atoms with Crippen LogP contribution >= 0.6 is 0 Å². The van der Waals surface area contributed by atoms with Gasteiger partial charge in [0.15, 0.2) is 0 Å². The smallest absolute Gasteiger partial charge is 0.147 e. The lowest BCUT2D eigenvalue weighted by molar-refractivity contribution is -0.127. The van der Waals surface area contributed by atoms with Crippen molar-refractivity contribution in [1.29, 1.82) is 0 Å². The van der Waals surface area contributed by atoms with Gasteiger partial charge in [0.2, 0.25) is 0 Å². The molecule has 1 heterocycles. The molecule has 0 aliphatic heterocycles. The number of carbonyl (C=O) groups excluding carboxylic acids is 1. The van der Waals surface area contributed by atoms with Gasteiger partial charge in [-0.1, -0.05) is 13.8 Å². The van der Waals surface area contributed by atoms with E-state index in [1.165, 1.54) is 6.33 Å². The monoisotopic (exact) mass is 224 g/mol. The first-order chi connectivity index (χ1) is 7.57. The van der Waals surface area contributed by atoms with Gasteiger partial charge in [-0.15, -0.1) is 0 Å². The lowest BCUT2D eigenvalue weighted by Gasteiger charge is -2.24. The van der Waals surface area contributed by atoms with Gasteiger partial charge in [0.05, 0.1) is 6.42 Å². The highest BCUT2D eigenvalue weighted by Crippen LogP contribution is 2.22.